The van der Waals surface area contributed by atoms with E-state index in [2.05, 4.69) is 49.8 Å². The zero-order valence-corrected chi connectivity index (χ0v) is 9.45. The van der Waals surface area contributed by atoms with Crippen LogP contribution in [-0.2, 0) is 0 Å². The molecule has 1 radical (unpaired) electrons. The van der Waals surface area contributed by atoms with Crippen molar-refractivity contribution in [2.75, 3.05) is 0 Å². The average Bonchev–Trinajstić information content (AvgIpc) is 2.90. The number of allylic oxidation sites excluding steroid dienone is 8. The maximum atomic E-state index is 2.41. The summed E-state index contributed by atoms with van der Waals surface area (Å²) in [6.07, 6.45) is 20.6. The minimum Gasteiger partial charge on any atom is -0.0804 e. The van der Waals surface area contributed by atoms with E-state index >= 15 is 0 Å². The van der Waals surface area contributed by atoms with Gasteiger partial charge in [-0.3, -0.25) is 0 Å². The molecule has 0 unspecified atom stereocenters. The first-order valence-electron chi connectivity index (χ1n) is 5.94. The van der Waals surface area contributed by atoms with Gasteiger partial charge in [-0.1, -0.05) is 60.9 Å². The molecule has 0 N–H and O–H groups in total. The van der Waals surface area contributed by atoms with Crippen molar-refractivity contribution in [3.8, 4) is 0 Å². The maximum Gasteiger partial charge on any atom is 0.00221 e. The van der Waals surface area contributed by atoms with Crippen LogP contribution in [0.15, 0.2) is 47.6 Å². The summed E-state index contributed by atoms with van der Waals surface area (Å²) in [4.78, 5) is 0. The highest BCUT2D eigenvalue weighted by Crippen LogP contribution is 2.34. The van der Waals surface area contributed by atoms with Crippen LogP contribution in [0.4, 0.5) is 0 Å². The van der Waals surface area contributed by atoms with E-state index in [9.17, 15) is 0 Å². The topological polar surface area (TPSA) is 0 Å². The summed E-state index contributed by atoms with van der Waals surface area (Å²) in [5.41, 5.74) is 3.18. The Hall–Kier alpha value is -1.04. The van der Waals surface area contributed by atoms with Gasteiger partial charge in [0.25, 0.3) is 0 Å². The van der Waals surface area contributed by atoms with Crippen molar-refractivity contribution < 1.29 is 0 Å². The minimum absolute atomic E-state index is 0.662. The first-order chi connectivity index (χ1) is 7.42. The van der Waals surface area contributed by atoms with Crippen molar-refractivity contribution in [1.82, 2.24) is 0 Å². The Balaban J connectivity index is 2.02. The minimum atomic E-state index is 0.662. The van der Waals surface area contributed by atoms with E-state index in [1.54, 1.807) is 11.1 Å². The third kappa shape index (κ3) is 2.50. The fourth-order valence-electron chi connectivity index (χ4n) is 2.32. The zero-order valence-electron chi connectivity index (χ0n) is 9.45. The van der Waals surface area contributed by atoms with Gasteiger partial charge in [0, 0.05) is 5.92 Å². The van der Waals surface area contributed by atoms with Crippen LogP contribution < -0.4 is 0 Å². The van der Waals surface area contributed by atoms with E-state index in [1.165, 1.54) is 12.8 Å². The zero-order chi connectivity index (χ0) is 10.5. The van der Waals surface area contributed by atoms with Crippen LogP contribution >= 0.6 is 0 Å². The second-order valence-electron chi connectivity index (χ2n) is 4.23. The molecule has 0 spiro atoms. The SMILES string of the molecule is CC[CH]CC(C1=CC=CC1)C1=CC=CC1. The Morgan fingerprint density at radius 2 is 1.73 bits per heavy atom. The van der Waals surface area contributed by atoms with Crippen LogP contribution in [0, 0.1) is 12.3 Å². The smallest absolute Gasteiger partial charge is 0.00221 e. The molecule has 0 fully saturated rings. The summed E-state index contributed by atoms with van der Waals surface area (Å²) >= 11 is 0. The Morgan fingerprint density at radius 3 is 2.13 bits per heavy atom. The Bertz CT molecular complexity index is 296. The summed E-state index contributed by atoms with van der Waals surface area (Å²) in [6.45, 7) is 2.22. The highest BCUT2D eigenvalue weighted by Gasteiger charge is 2.19. The fraction of sp³-hybridized carbons (Fsp3) is 0.400. The third-order valence-corrected chi connectivity index (χ3v) is 3.19. The van der Waals surface area contributed by atoms with Crippen LogP contribution in [-0.4, -0.2) is 0 Å². The summed E-state index contributed by atoms with van der Waals surface area (Å²) in [7, 11) is 0. The predicted molar refractivity (Wildman–Crippen MR) is 66.4 cm³/mol. The molecule has 0 amide bonds. The van der Waals surface area contributed by atoms with Crippen molar-refractivity contribution in [3.05, 3.63) is 54.0 Å². The molecule has 0 atom stereocenters. The van der Waals surface area contributed by atoms with Gasteiger partial charge in [-0.15, -0.1) is 0 Å². The molecule has 2 aliphatic carbocycles. The third-order valence-electron chi connectivity index (χ3n) is 3.19. The van der Waals surface area contributed by atoms with E-state index in [1.807, 2.05) is 0 Å². The van der Waals surface area contributed by atoms with E-state index in [4.69, 9.17) is 0 Å². The second-order valence-corrected chi connectivity index (χ2v) is 4.23. The summed E-state index contributed by atoms with van der Waals surface area (Å²) in [6, 6.07) is 0. The average molecular weight is 199 g/mol. The Morgan fingerprint density at radius 1 is 1.13 bits per heavy atom. The van der Waals surface area contributed by atoms with Gasteiger partial charge in [0.15, 0.2) is 0 Å². The molecule has 2 rings (SSSR count). The van der Waals surface area contributed by atoms with Crippen molar-refractivity contribution >= 4 is 0 Å². The summed E-state index contributed by atoms with van der Waals surface area (Å²) < 4.78 is 0. The highest BCUT2D eigenvalue weighted by molar-refractivity contribution is 5.36. The molecule has 0 heterocycles. The fourth-order valence-corrected chi connectivity index (χ4v) is 2.32. The van der Waals surface area contributed by atoms with Gasteiger partial charge >= 0.3 is 0 Å². The molecule has 2 aliphatic rings. The number of rotatable bonds is 5. The number of unbranched alkanes of at least 4 members (excludes halogenated alkanes) is 1. The van der Waals surface area contributed by atoms with Gasteiger partial charge < -0.3 is 0 Å². The lowest BCUT2D eigenvalue weighted by atomic mass is 9.85. The lowest BCUT2D eigenvalue weighted by Gasteiger charge is -2.19. The largest absolute Gasteiger partial charge is 0.0804 e. The molecule has 0 saturated carbocycles. The molecular formula is C15H19. The van der Waals surface area contributed by atoms with Crippen molar-refractivity contribution in [2.24, 2.45) is 5.92 Å². The van der Waals surface area contributed by atoms with Gasteiger partial charge in [0.1, 0.15) is 0 Å². The normalized spacial score (nSPS) is 18.8. The number of hydrogen-bond acceptors (Lipinski definition) is 0. The van der Waals surface area contributed by atoms with Gasteiger partial charge in [0.2, 0.25) is 0 Å². The van der Waals surface area contributed by atoms with E-state index in [-0.39, 0.29) is 0 Å². The molecule has 0 aliphatic heterocycles. The number of hydrogen-bond donors (Lipinski definition) is 0. The predicted octanol–water partition coefficient (Wildman–Crippen LogP) is 4.38. The van der Waals surface area contributed by atoms with Crippen molar-refractivity contribution in [2.45, 2.75) is 32.6 Å². The Labute approximate surface area is 93.1 Å². The second kappa shape index (κ2) is 5.16. The molecule has 0 aromatic rings. The van der Waals surface area contributed by atoms with Crippen LogP contribution in [0.2, 0.25) is 0 Å². The maximum absolute atomic E-state index is 2.41. The van der Waals surface area contributed by atoms with Crippen LogP contribution in [0.25, 0.3) is 0 Å². The van der Waals surface area contributed by atoms with Crippen molar-refractivity contribution in [3.63, 3.8) is 0 Å². The summed E-state index contributed by atoms with van der Waals surface area (Å²) in [5, 5.41) is 0. The van der Waals surface area contributed by atoms with E-state index < -0.39 is 0 Å². The first kappa shape index (κ1) is 10.5. The first-order valence-corrected chi connectivity index (χ1v) is 5.94. The van der Waals surface area contributed by atoms with Gasteiger partial charge in [0.05, 0.1) is 0 Å². The van der Waals surface area contributed by atoms with Gasteiger partial charge in [-0.2, -0.15) is 0 Å². The van der Waals surface area contributed by atoms with Crippen LogP contribution in [0.1, 0.15) is 32.6 Å². The quantitative estimate of drug-likeness (QED) is 0.616. The lowest BCUT2D eigenvalue weighted by molar-refractivity contribution is 0.662. The molecule has 0 aromatic heterocycles. The monoisotopic (exact) mass is 199 g/mol. The van der Waals surface area contributed by atoms with E-state index in [0.29, 0.717) is 5.92 Å². The van der Waals surface area contributed by atoms with Crippen LogP contribution in [0.3, 0.4) is 0 Å². The molecule has 79 valence electrons. The highest BCUT2D eigenvalue weighted by atomic mass is 14.2. The molecule has 15 heavy (non-hydrogen) atoms. The van der Waals surface area contributed by atoms with Crippen LogP contribution in [0.5, 0.6) is 0 Å². The van der Waals surface area contributed by atoms with Gasteiger partial charge in [-0.05, 0) is 25.7 Å². The van der Waals surface area contributed by atoms with E-state index in [0.717, 1.165) is 12.8 Å². The molecular weight excluding hydrogens is 180 g/mol. The molecule has 0 nitrogen and oxygen atoms in total. The lowest BCUT2D eigenvalue weighted by Crippen LogP contribution is -2.06. The van der Waals surface area contributed by atoms with Gasteiger partial charge in [-0.25, -0.2) is 0 Å². The standard InChI is InChI=1S/C15H19/c1-2-3-12-15(13-8-4-5-9-13)14-10-6-7-11-14/h3-8,10,15H,2,9,11-12H2,1H3. The molecule has 0 aromatic carbocycles. The molecule has 0 heteroatoms. The Kier molecular flexibility index (Phi) is 3.60. The molecule has 0 saturated heterocycles. The van der Waals surface area contributed by atoms with Crippen molar-refractivity contribution in [1.29, 1.82) is 0 Å². The molecule has 0 bridgehead atoms. The summed E-state index contributed by atoms with van der Waals surface area (Å²) in [5.74, 6) is 0.662.